The first kappa shape index (κ1) is 20.5. The Hall–Kier alpha value is -3.75. The number of carbonyl (C=O) groups is 1. The summed E-state index contributed by atoms with van der Waals surface area (Å²) >= 11 is 0. The van der Waals surface area contributed by atoms with Gasteiger partial charge in [0.15, 0.2) is 28.9 Å². The molecule has 4 nitrogen and oxygen atoms in total. The maximum Gasteiger partial charge on any atom is 0.261 e. The fourth-order valence-electron chi connectivity index (χ4n) is 3.19. The Bertz CT molecular complexity index is 1320. The normalized spacial score (nSPS) is 11.2. The summed E-state index contributed by atoms with van der Waals surface area (Å²) in [5.74, 6) is -12.3. The molecule has 1 amide bonds. The van der Waals surface area contributed by atoms with Crippen LogP contribution in [0.4, 0.5) is 27.6 Å². The molecular weight excluding hydrogens is 419 g/mol. The number of nitrogens with one attached hydrogen (secondary N) is 1. The summed E-state index contributed by atoms with van der Waals surface area (Å²) < 4.78 is 73.2. The van der Waals surface area contributed by atoms with Crippen LogP contribution in [0.25, 0.3) is 22.6 Å². The van der Waals surface area contributed by atoms with Gasteiger partial charge in [0.2, 0.25) is 11.7 Å². The number of hydrogen-bond donors (Lipinski definition) is 1. The molecule has 3 aromatic carbocycles. The van der Waals surface area contributed by atoms with E-state index in [-0.39, 0.29) is 5.69 Å². The standard InChI is InChI=1S/C22H13F5N2O2/c1-9-7-10(2)20-13(8-9)29-22(31-20)11-3-5-12(6-4-11)28-21(30)14-15(23)17(25)19(27)18(26)16(14)24/h3-8H,1-2H3,(H,28,30). The lowest BCUT2D eigenvalue weighted by Gasteiger charge is -2.09. The molecule has 1 aromatic heterocycles. The number of nitrogens with zero attached hydrogens (tertiary/aromatic N) is 1. The summed E-state index contributed by atoms with van der Waals surface area (Å²) in [7, 11) is 0. The van der Waals surface area contributed by atoms with E-state index in [0.717, 1.165) is 11.1 Å². The monoisotopic (exact) mass is 432 g/mol. The average molecular weight is 432 g/mol. The van der Waals surface area contributed by atoms with Gasteiger partial charge >= 0.3 is 0 Å². The fourth-order valence-corrected chi connectivity index (χ4v) is 3.19. The minimum atomic E-state index is -2.33. The molecule has 0 unspecified atom stereocenters. The summed E-state index contributed by atoms with van der Waals surface area (Å²) in [4.78, 5) is 16.6. The molecule has 0 saturated heterocycles. The zero-order valence-corrected chi connectivity index (χ0v) is 16.1. The molecule has 0 aliphatic carbocycles. The van der Waals surface area contributed by atoms with Gasteiger partial charge in [0, 0.05) is 11.3 Å². The first-order chi connectivity index (χ1) is 14.7. The SMILES string of the molecule is Cc1cc(C)c2oc(-c3ccc(NC(=O)c4c(F)c(F)c(F)c(F)c4F)cc3)nc2c1. The zero-order valence-electron chi connectivity index (χ0n) is 16.1. The Labute approximate surface area is 172 Å². The molecule has 0 aliphatic rings. The van der Waals surface area contributed by atoms with Gasteiger partial charge in [-0.1, -0.05) is 6.07 Å². The molecule has 158 valence electrons. The number of anilines is 1. The van der Waals surface area contributed by atoms with Crippen molar-refractivity contribution in [3.63, 3.8) is 0 Å². The molecule has 0 saturated carbocycles. The van der Waals surface area contributed by atoms with E-state index in [2.05, 4.69) is 10.3 Å². The van der Waals surface area contributed by atoms with Gasteiger partial charge in [-0.25, -0.2) is 26.9 Å². The molecule has 0 radical (unpaired) electrons. The summed E-state index contributed by atoms with van der Waals surface area (Å²) in [5.41, 5.74) is 2.31. The molecule has 0 fully saturated rings. The second-order valence-electron chi connectivity index (χ2n) is 6.93. The van der Waals surface area contributed by atoms with Crippen LogP contribution in [-0.4, -0.2) is 10.9 Å². The number of hydrogen-bond acceptors (Lipinski definition) is 3. The van der Waals surface area contributed by atoms with Crippen LogP contribution in [0.15, 0.2) is 40.8 Å². The van der Waals surface area contributed by atoms with Gasteiger partial charge in [0.25, 0.3) is 5.91 Å². The van der Waals surface area contributed by atoms with E-state index >= 15 is 0 Å². The smallest absolute Gasteiger partial charge is 0.261 e. The molecule has 0 atom stereocenters. The van der Waals surface area contributed by atoms with E-state index in [1.165, 1.54) is 24.3 Å². The Balaban J connectivity index is 1.61. The van der Waals surface area contributed by atoms with Crippen molar-refractivity contribution in [3.05, 3.63) is 82.2 Å². The van der Waals surface area contributed by atoms with Crippen LogP contribution in [0.2, 0.25) is 0 Å². The Morgan fingerprint density at radius 3 is 2.06 bits per heavy atom. The highest BCUT2D eigenvalue weighted by molar-refractivity contribution is 6.04. The predicted molar refractivity (Wildman–Crippen MR) is 103 cm³/mol. The number of aromatic nitrogens is 1. The number of oxazole rings is 1. The van der Waals surface area contributed by atoms with Crippen LogP contribution in [-0.2, 0) is 0 Å². The molecule has 0 spiro atoms. The molecule has 31 heavy (non-hydrogen) atoms. The van der Waals surface area contributed by atoms with Crippen LogP contribution >= 0.6 is 0 Å². The number of fused-ring (bicyclic) bond motifs is 1. The fraction of sp³-hybridized carbons (Fsp3) is 0.0909. The predicted octanol–water partition coefficient (Wildman–Crippen LogP) is 6.06. The number of carbonyl (C=O) groups excluding carboxylic acids is 1. The van der Waals surface area contributed by atoms with Crippen molar-refractivity contribution in [1.82, 2.24) is 4.98 Å². The maximum absolute atomic E-state index is 13.8. The number of aryl methyl sites for hydroxylation is 2. The number of amides is 1. The van der Waals surface area contributed by atoms with Gasteiger partial charge in [0.1, 0.15) is 11.1 Å². The lowest BCUT2D eigenvalue weighted by Crippen LogP contribution is -2.19. The quantitative estimate of drug-likeness (QED) is 0.243. The van der Waals surface area contributed by atoms with Crippen molar-refractivity contribution in [2.45, 2.75) is 13.8 Å². The van der Waals surface area contributed by atoms with Crippen molar-refractivity contribution in [2.75, 3.05) is 5.32 Å². The van der Waals surface area contributed by atoms with Crippen molar-refractivity contribution in [3.8, 4) is 11.5 Å². The molecule has 4 rings (SSSR count). The van der Waals surface area contributed by atoms with Crippen LogP contribution in [0.5, 0.6) is 0 Å². The first-order valence-electron chi connectivity index (χ1n) is 8.98. The molecule has 0 aliphatic heterocycles. The largest absolute Gasteiger partial charge is 0.436 e. The third-order valence-corrected chi connectivity index (χ3v) is 4.65. The lowest BCUT2D eigenvalue weighted by molar-refractivity contribution is 0.101. The average Bonchev–Trinajstić information content (AvgIpc) is 3.16. The van der Waals surface area contributed by atoms with Crippen LogP contribution in [0, 0.1) is 42.9 Å². The number of rotatable bonds is 3. The van der Waals surface area contributed by atoms with E-state index in [0.29, 0.717) is 22.6 Å². The van der Waals surface area contributed by atoms with Crippen molar-refractivity contribution in [2.24, 2.45) is 0 Å². The van der Waals surface area contributed by atoms with Gasteiger partial charge in [-0.05, 0) is 55.3 Å². The van der Waals surface area contributed by atoms with E-state index < -0.39 is 40.6 Å². The highest BCUT2D eigenvalue weighted by Crippen LogP contribution is 2.29. The minimum Gasteiger partial charge on any atom is -0.436 e. The number of halogens is 5. The van der Waals surface area contributed by atoms with Crippen LogP contribution < -0.4 is 5.32 Å². The molecule has 4 aromatic rings. The molecule has 0 bridgehead atoms. The summed E-state index contributed by atoms with van der Waals surface area (Å²) in [5, 5.41) is 2.11. The number of benzene rings is 3. The van der Waals surface area contributed by atoms with Gasteiger partial charge in [0.05, 0.1) is 0 Å². The summed E-state index contributed by atoms with van der Waals surface area (Å²) in [6.45, 7) is 3.82. The van der Waals surface area contributed by atoms with Gasteiger partial charge < -0.3 is 9.73 Å². The Morgan fingerprint density at radius 1 is 0.871 bits per heavy atom. The first-order valence-corrected chi connectivity index (χ1v) is 8.98. The van der Waals surface area contributed by atoms with E-state index in [1.807, 2.05) is 26.0 Å². The highest BCUT2D eigenvalue weighted by atomic mass is 19.2. The Morgan fingerprint density at radius 2 is 1.45 bits per heavy atom. The van der Waals surface area contributed by atoms with Gasteiger partial charge in [-0.2, -0.15) is 0 Å². The van der Waals surface area contributed by atoms with E-state index in [9.17, 15) is 26.7 Å². The van der Waals surface area contributed by atoms with Gasteiger partial charge in [-0.15, -0.1) is 0 Å². The molecule has 1 heterocycles. The van der Waals surface area contributed by atoms with Crippen molar-refractivity contribution in [1.29, 1.82) is 0 Å². The van der Waals surface area contributed by atoms with Crippen molar-refractivity contribution >= 4 is 22.7 Å². The minimum absolute atomic E-state index is 0.0702. The topological polar surface area (TPSA) is 55.1 Å². The second-order valence-corrected chi connectivity index (χ2v) is 6.93. The highest BCUT2D eigenvalue weighted by Gasteiger charge is 2.29. The Kier molecular flexibility index (Phi) is 4.96. The van der Waals surface area contributed by atoms with Crippen LogP contribution in [0.1, 0.15) is 21.5 Å². The third kappa shape index (κ3) is 3.52. The van der Waals surface area contributed by atoms with Gasteiger partial charge in [-0.3, -0.25) is 4.79 Å². The lowest BCUT2D eigenvalue weighted by atomic mass is 10.1. The van der Waals surface area contributed by atoms with Crippen molar-refractivity contribution < 1.29 is 31.2 Å². The maximum atomic E-state index is 13.8. The summed E-state index contributed by atoms with van der Waals surface area (Å²) in [6, 6.07) is 9.64. The van der Waals surface area contributed by atoms with Crippen LogP contribution in [0.3, 0.4) is 0 Å². The third-order valence-electron chi connectivity index (χ3n) is 4.65. The van der Waals surface area contributed by atoms with E-state index in [4.69, 9.17) is 4.42 Å². The zero-order chi connectivity index (χ0) is 22.4. The molecular formula is C22H13F5N2O2. The molecule has 9 heteroatoms. The molecule has 1 N–H and O–H groups in total. The summed E-state index contributed by atoms with van der Waals surface area (Å²) in [6.07, 6.45) is 0. The second kappa shape index (κ2) is 7.50. The van der Waals surface area contributed by atoms with E-state index in [1.54, 1.807) is 0 Å².